The highest BCUT2D eigenvalue weighted by molar-refractivity contribution is 5.40. The first-order valence-corrected chi connectivity index (χ1v) is 8.53. The molecule has 1 saturated heterocycles. The molecule has 23 heavy (non-hydrogen) atoms. The number of anilines is 1. The van der Waals surface area contributed by atoms with Gasteiger partial charge in [-0.1, -0.05) is 23.3 Å². The molecule has 122 valence electrons. The zero-order valence-electron chi connectivity index (χ0n) is 13.3. The molecule has 6 heteroatoms. The van der Waals surface area contributed by atoms with Gasteiger partial charge in [-0.2, -0.15) is 4.68 Å². The van der Waals surface area contributed by atoms with Gasteiger partial charge in [-0.15, -0.1) is 0 Å². The van der Waals surface area contributed by atoms with E-state index in [1.807, 2.05) is 35.0 Å². The van der Waals surface area contributed by atoms with Gasteiger partial charge in [-0.25, -0.2) is 0 Å². The van der Waals surface area contributed by atoms with Crippen molar-refractivity contribution in [2.45, 2.75) is 44.6 Å². The Balaban J connectivity index is 1.48. The fourth-order valence-corrected chi connectivity index (χ4v) is 4.01. The molecule has 1 aromatic carbocycles. The molecule has 1 saturated carbocycles. The lowest BCUT2D eigenvalue weighted by molar-refractivity contribution is 0.0476. The summed E-state index contributed by atoms with van der Waals surface area (Å²) in [5.74, 6) is 0.835. The molecule has 1 aliphatic heterocycles. The van der Waals surface area contributed by atoms with Crippen molar-refractivity contribution in [2.75, 3.05) is 18.0 Å². The van der Waals surface area contributed by atoms with Gasteiger partial charge >= 0.3 is 0 Å². The highest BCUT2D eigenvalue weighted by Crippen LogP contribution is 2.45. The molecule has 1 spiro atoms. The summed E-state index contributed by atoms with van der Waals surface area (Å²) >= 11 is 0. The van der Waals surface area contributed by atoms with E-state index in [-0.39, 0.29) is 6.10 Å². The first-order valence-electron chi connectivity index (χ1n) is 8.53. The van der Waals surface area contributed by atoms with Gasteiger partial charge in [0.2, 0.25) is 5.95 Å². The summed E-state index contributed by atoms with van der Waals surface area (Å²) in [5.41, 5.74) is 1.43. The van der Waals surface area contributed by atoms with E-state index in [0.29, 0.717) is 5.41 Å². The van der Waals surface area contributed by atoms with E-state index in [0.717, 1.165) is 50.4 Å². The molecule has 0 atom stereocenters. The van der Waals surface area contributed by atoms with Gasteiger partial charge in [0.25, 0.3) is 0 Å². The molecular weight excluding hydrogens is 290 g/mol. The molecule has 0 unspecified atom stereocenters. The van der Waals surface area contributed by atoms with Crippen LogP contribution in [0.15, 0.2) is 30.3 Å². The average Bonchev–Trinajstić information content (AvgIpc) is 3.09. The van der Waals surface area contributed by atoms with Gasteiger partial charge in [0.05, 0.1) is 11.8 Å². The predicted molar refractivity (Wildman–Crippen MR) is 87.5 cm³/mol. The zero-order valence-corrected chi connectivity index (χ0v) is 13.3. The number of rotatable bonds is 2. The second-order valence-electron chi connectivity index (χ2n) is 6.94. The first kappa shape index (κ1) is 14.6. The summed E-state index contributed by atoms with van der Waals surface area (Å²) in [4.78, 5) is 2.29. The quantitative estimate of drug-likeness (QED) is 0.920. The molecule has 6 nitrogen and oxygen atoms in total. The summed E-state index contributed by atoms with van der Waals surface area (Å²) in [6.07, 6.45) is 6.49. The van der Waals surface area contributed by atoms with E-state index in [1.165, 1.54) is 12.8 Å². The van der Waals surface area contributed by atoms with Crippen LogP contribution in [0.1, 0.15) is 38.5 Å². The maximum Gasteiger partial charge on any atom is 0.250 e. The van der Waals surface area contributed by atoms with E-state index in [9.17, 15) is 5.11 Å². The highest BCUT2D eigenvalue weighted by atomic mass is 16.3. The Bertz CT molecular complexity index is 638. The Morgan fingerprint density at radius 1 is 1.00 bits per heavy atom. The van der Waals surface area contributed by atoms with E-state index in [4.69, 9.17) is 0 Å². The largest absolute Gasteiger partial charge is 0.393 e. The lowest BCUT2D eigenvalue weighted by atomic mass is 9.67. The topological polar surface area (TPSA) is 67.1 Å². The Kier molecular flexibility index (Phi) is 3.77. The average molecular weight is 313 g/mol. The Hall–Kier alpha value is -1.95. The van der Waals surface area contributed by atoms with Gasteiger partial charge in [-0.3, -0.25) is 0 Å². The van der Waals surface area contributed by atoms with E-state index in [1.54, 1.807) is 0 Å². The van der Waals surface area contributed by atoms with Crippen LogP contribution in [0.4, 0.5) is 5.95 Å². The first-order chi connectivity index (χ1) is 11.3. The normalized spacial score (nSPS) is 21.7. The maximum atomic E-state index is 9.75. The third-order valence-electron chi connectivity index (χ3n) is 5.58. The van der Waals surface area contributed by atoms with E-state index < -0.39 is 0 Å². The minimum absolute atomic E-state index is 0.0796. The molecule has 2 heterocycles. The third-order valence-corrected chi connectivity index (χ3v) is 5.58. The number of para-hydroxylation sites is 1. The summed E-state index contributed by atoms with van der Waals surface area (Å²) in [6.45, 7) is 1.98. The monoisotopic (exact) mass is 313 g/mol. The van der Waals surface area contributed by atoms with Crippen LogP contribution >= 0.6 is 0 Å². The summed E-state index contributed by atoms with van der Waals surface area (Å²) in [5, 5.41) is 22.0. The number of benzene rings is 1. The SMILES string of the molecule is OC1CCC2(CC1)CCN(c1nnnn1-c1ccccc1)CC2. The number of hydrogen-bond acceptors (Lipinski definition) is 5. The van der Waals surface area contributed by atoms with Crippen molar-refractivity contribution in [3.8, 4) is 5.69 Å². The molecule has 4 rings (SSSR count). The van der Waals surface area contributed by atoms with Gasteiger partial charge in [-0.05, 0) is 66.5 Å². The molecular formula is C17H23N5O. The van der Waals surface area contributed by atoms with Crippen LogP contribution in [0.2, 0.25) is 0 Å². The Morgan fingerprint density at radius 3 is 2.39 bits per heavy atom. The second-order valence-corrected chi connectivity index (χ2v) is 6.94. The lowest BCUT2D eigenvalue weighted by Gasteiger charge is -2.45. The predicted octanol–water partition coefficient (Wildman–Crippen LogP) is 2.18. The Morgan fingerprint density at radius 2 is 1.70 bits per heavy atom. The molecule has 1 aliphatic carbocycles. The third kappa shape index (κ3) is 2.83. The van der Waals surface area contributed by atoms with Crippen LogP contribution in [0.3, 0.4) is 0 Å². The maximum absolute atomic E-state index is 9.75. The minimum atomic E-state index is -0.0796. The number of aromatic nitrogens is 4. The van der Waals surface area contributed by atoms with Crippen LogP contribution in [0.25, 0.3) is 5.69 Å². The van der Waals surface area contributed by atoms with Gasteiger partial charge in [0, 0.05) is 13.1 Å². The van der Waals surface area contributed by atoms with Crippen LogP contribution in [-0.2, 0) is 0 Å². The van der Waals surface area contributed by atoms with Crippen molar-refractivity contribution < 1.29 is 5.11 Å². The van der Waals surface area contributed by atoms with E-state index in [2.05, 4.69) is 20.4 Å². The van der Waals surface area contributed by atoms with Crippen LogP contribution < -0.4 is 4.90 Å². The number of piperidine rings is 1. The zero-order chi connectivity index (χ0) is 15.7. The fraction of sp³-hybridized carbons (Fsp3) is 0.588. The van der Waals surface area contributed by atoms with Crippen molar-refractivity contribution in [3.63, 3.8) is 0 Å². The standard InChI is InChI=1S/C17H23N5O/c23-15-6-8-17(9-7-15)10-12-21(13-11-17)16-18-19-20-22(16)14-4-2-1-3-5-14/h1-5,15,23H,6-13H2. The number of aliphatic hydroxyl groups excluding tert-OH is 1. The molecule has 2 aliphatic rings. The van der Waals surface area contributed by atoms with Gasteiger partial charge < -0.3 is 10.0 Å². The fourth-order valence-electron chi connectivity index (χ4n) is 4.01. The molecule has 0 amide bonds. The molecule has 0 bridgehead atoms. The van der Waals surface area contributed by atoms with Gasteiger partial charge in [0.15, 0.2) is 0 Å². The summed E-state index contributed by atoms with van der Waals surface area (Å²) in [7, 11) is 0. The molecule has 1 N–H and O–H groups in total. The smallest absolute Gasteiger partial charge is 0.250 e. The van der Waals surface area contributed by atoms with Crippen LogP contribution in [0.5, 0.6) is 0 Å². The molecule has 2 fully saturated rings. The number of nitrogens with zero attached hydrogens (tertiary/aromatic N) is 5. The lowest BCUT2D eigenvalue weighted by Crippen LogP contribution is -2.43. The van der Waals surface area contributed by atoms with Gasteiger partial charge in [0.1, 0.15) is 0 Å². The summed E-state index contributed by atoms with van der Waals surface area (Å²) < 4.78 is 1.82. The molecule has 0 radical (unpaired) electrons. The summed E-state index contributed by atoms with van der Waals surface area (Å²) in [6, 6.07) is 10.0. The molecule has 1 aromatic heterocycles. The van der Waals surface area contributed by atoms with Crippen molar-refractivity contribution in [1.82, 2.24) is 20.2 Å². The number of tetrazole rings is 1. The van der Waals surface area contributed by atoms with Crippen LogP contribution in [-0.4, -0.2) is 44.5 Å². The van der Waals surface area contributed by atoms with Crippen molar-refractivity contribution in [1.29, 1.82) is 0 Å². The van der Waals surface area contributed by atoms with Crippen molar-refractivity contribution in [2.24, 2.45) is 5.41 Å². The van der Waals surface area contributed by atoms with E-state index >= 15 is 0 Å². The minimum Gasteiger partial charge on any atom is -0.393 e. The number of hydrogen-bond donors (Lipinski definition) is 1. The van der Waals surface area contributed by atoms with Crippen LogP contribution in [0, 0.1) is 5.41 Å². The molecule has 2 aromatic rings. The van der Waals surface area contributed by atoms with Crippen molar-refractivity contribution >= 4 is 5.95 Å². The Labute approximate surface area is 136 Å². The van der Waals surface area contributed by atoms with Crippen molar-refractivity contribution in [3.05, 3.63) is 30.3 Å². The number of aliphatic hydroxyl groups is 1. The second kappa shape index (κ2) is 5.92. The highest BCUT2D eigenvalue weighted by Gasteiger charge is 2.38.